The van der Waals surface area contributed by atoms with Crippen molar-refractivity contribution in [2.75, 3.05) is 25.0 Å². The average Bonchev–Trinajstić information content (AvgIpc) is 3.27. The first-order valence-corrected chi connectivity index (χ1v) is 13.2. The zero-order chi connectivity index (χ0) is 25.1. The monoisotopic (exact) mass is 500 g/mol. The zero-order valence-corrected chi connectivity index (χ0v) is 21.7. The number of likely N-dealkylation sites (tertiary alicyclic amines) is 1. The van der Waals surface area contributed by atoms with Crippen molar-refractivity contribution in [3.8, 4) is 11.4 Å². The molecule has 2 heterocycles. The quantitative estimate of drug-likeness (QED) is 0.302. The largest absolute Gasteiger partial charge is 0.326 e. The van der Waals surface area contributed by atoms with E-state index in [-0.39, 0.29) is 11.8 Å². The molecule has 0 aliphatic carbocycles. The topological polar surface area (TPSA) is 50.2 Å². The molecule has 0 radical (unpaired) electrons. The van der Waals surface area contributed by atoms with Gasteiger partial charge in [-0.2, -0.15) is 0 Å². The van der Waals surface area contributed by atoms with Crippen LogP contribution in [0.25, 0.3) is 22.4 Å². The number of nitrogens with zero attached hydrogens (tertiary/aromatic N) is 3. The van der Waals surface area contributed by atoms with Gasteiger partial charge < -0.3 is 14.8 Å². The number of rotatable bonds is 7. The maximum atomic E-state index is 12.1. The number of hydrogen-bond acceptors (Lipinski definition) is 3. The molecule has 0 unspecified atom stereocenters. The summed E-state index contributed by atoms with van der Waals surface area (Å²) in [5.41, 5.74) is 5.49. The van der Waals surface area contributed by atoms with Crippen LogP contribution in [-0.2, 0) is 11.3 Å². The Morgan fingerprint density at radius 1 is 1.00 bits per heavy atom. The highest BCUT2D eigenvalue weighted by Crippen LogP contribution is 2.30. The minimum absolute atomic E-state index is 0.0234. The third-order valence-corrected chi connectivity index (χ3v) is 7.39. The molecule has 0 atom stereocenters. The standard InChI is InChI=1S/C30H33ClN4O/c1-21(2)30(36)32-26-7-5-6-24(20-26)22-14-16-34(17-15-22)18-19-35-28-9-4-3-8-27(28)33-29(35)23-10-12-25(31)13-11-23/h3-13,20-22H,14-19H2,1-2H3,(H,32,36). The van der Waals surface area contributed by atoms with E-state index in [4.69, 9.17) is 16.6 Å². The maximum absolute atomic E-state index is 12.1. The molecule has 1 saturated heterocycles. The molecule has 0 spiro atoms. The molecular formula is C30H33ClN4O. The number of para-hydroxylation sites is 2. The number of amides is 1. The van der Waals surface area contributed by atoms with Crippen molar-refractivity contribution in [3.05, 3.63) is 83.4 Å². The Kier molecular flexibility index (Phi) is 7.40. The van der Waals surface area contributed by atoms with E-state index in [2.05, 4.69) is 51.2 Å². The van der Waals surface area contributed by atoms with Gasteiger partial charge in [-0.15, -0.1) is 0 Å². The van der Waals surface area contributed by atoms with Gasteiger partial charge in [-0.3, -0.25) is 4.79 Å². The molecule has 5 rings (SSSR count). The van der Waals surface area contributed by atoms with Crippen LogP contribution in [0.4, 0.5) is 5.69 Å². The van der Waals surface area contributed by atoms with Crippen LogP contribution in [-0.4, -0.2) is 40.0 Å². The van der Waals surface area contributed by atoms with E-state index >= 15 is 0 Å². The second kappa shape index (κ2) is 10.9. The number of nitrogens with one attached hydrogen (secondary N) is 1. The van der Waals surface area contributed by atoms with Crippen molar-refractivity contribution in [3.63, 3.8) is 0 Å². The summed E-state index contributed by atoms with van der Waals surface area (Å²) in [5.74, 6) is 1.55. The van der Waals surface area contributed by atoms with Gasteiger partial charge in [-0.1, -0.05) is 49.7 Å². The van der Waals surface area contributed by atoms with Gasteiger partial charge in [-0.25, -0.2) is 4.98 Å². The number of hydrogen-bond donors (Lipinski definition) is 1. The molecular weight excluding hydrogens is 468 g/mol. The van der Waals surface area contributed by atoms with Crippen molar-refractivity contribution in [1.82, 2.24) is 14.5 Å². The van der Waals surface area contributed by atoms with Crippen LogP contribution in [0.2, 0.25) is 5.02 Å². The van der Waals surface area contributed by atoms with Gasteiger partial charge in [0.05, 0.1) is 11.0 Å². The molecule has 3 aromatic carbocycles. The van der Waals surface area contributed by atoms with E-state index in [0.29, 0.717) is 5.92 Å². The van der Waals surface area contributed by atoms with Crippen LogP contribution in [0.15, 0.2) is 72.8 Å². The highest BCUT2D eigenvalue weighted by Gasteiger charge is 2.22. The van der Waals surface area contributed by atoms with E-state index in [0.717, 1.165) is 72.2 Å². The van der Waals surface area contributed by atoms with Gasteiger partial charge in [0, 0.05) is 35.3 Å². The Hall–Kier alpha value is -3.15. The molecule has 0 saturated carbocycles. The average molecular weight is 501 g/mol. The van der Waals surface area contributed by atoms with Crippen LogP contribution in [0.5, 0.6) is 0 Å². The van der Waals surface area contributed by atoms with Crippen LogP contribution in [0.1, 0.15) is 38.2 Å². The lowest BCUT2D eigenvalue weighted by Gasteiger charge is -2.32. The van der Waals surface area contributed by atoms with E-state index in [1.807, 2.05) is 50.2 Å². The SMILES string of the molecule is CC(C)C(=O)Nc1cccc(C2CCN(CCn3c(-c4ccc(Cl)cc4)nc4ccccc43)CC2)c1. The number of imidazole rings is 1. The third-order valence-electron chi connectivity index (χ3n) is 7.13. The molecule has 1 fully saturated rings. The van der Waals surface area contributed by atoms with Crippen molar-refractivity contribution in [2.24, 2.45) is 5.92 Å². The molecule has 186 valence electrons. The Balaban J connectivity index is 1.24. The van der Waals surface area contributed by atoms with Gasteiger partial charge in [0.1, 0.15) is 5.82 Å². The Bertz CT molecular complexity index is 1340. The first-order valence-electron chi connectivity index (χ1n) is 12.8. The fraction of sp³-hybridized carbons (Fsp3) is 0.333. The predicted molar refractivity (Wildman–Crippen MR) is 149 cm³/mol. The first kappa shape index (κ1) is 24.5. The van der Waals surface area contributed by atoms with Crippen LogP contribution >= 0.6 is 11.6 Å². The summed E-state index contributed by atoms with van der Waals surface area (Å²) in [6.45, 7) is 7.84. The molecule has 6 heteroatoms. The highest BCUT2D eigenvalue weighted by atomic mass is 35.5. The molecule has 1 N–H and O–H groups in total. The molecule has 0 bridgehead atoms. The number of benzene rings is 3. The maximum Gasteiger partial charge on any atom is 0.226 e. The number of piperidine rings is 1. The zero-order valence-electron chi connectivity index (χ0n) is 21.0. The Labute approximate surface area is 218 Å². The normalized spacial score (nSPS) is 15.0. The number of anilines is 1. The lowest BCUT2D eigenvalue weighted by Crippen LogP contribution is -2.35. The second-order valence-electron chi connectivity index (χ2n) is 9.97. The van der Waals surface area contributed by atoms with Crippen molar-refractivity contribution < 1.29 is 4.79 Å². The Morgan fingerprint density at radius 3 is 2.50 bits per heavy atom. The number of fused-ring (bicyclic) bond motifs is 1. The van der Waals surface area contributed by atoms with Crippen molar-refractivity contribution >= 4 is 34.2 Å². The van der Waals surface area contributed by atoms with Crippen LogP contribution in [0, 0.1) is 5.92 Å². The third kappa shape index (κ3) is 5.48. The molecule has 4 aromatic rings. The number of carbonyl (C=O) groups excluding carboxylic acids is 1. The smallest absolute Gasteiger partial charge is 0.226 e. The van der Waals surface area contributed by atoms with Crippen molar-refractivity contribution in [1.29, 1.82) is 0 Å². The number of aromatic nitrogens is 2. The Morgan fingerprint density at radius 2 is 1.75 bits per heavy atom. The fourth-order valence-electron chi connectivity index (χ4n) is 5.01. The van der Waals surface area contributed by atoms with E-state index in [1.165, 1.54) is 5.56 Å². The van der Waals surface area contributed by atoms with Crippen LogP contribution < -0.4 is 5.32 Å². The summed E-state index contributed by atoms with van der Waals surface area (Å²) in [7, 11) is 0. The van der Waals surface area contributed by atoms with Crippen LogP contribution in [0.3, 0.4) is 0 Å². The van der Waals surface area contributed by atoms with E-state index in [9.17, 15) is 4.79 Å². The lowest BCUT2D eigenvalue weighted by atomic mass is 9.89. The minimum Gasteiger partial charge on any atom is -0.326 e. The molecule has 1 aromatic heterocycles. The molecule has 36 heavy (non-hydrogen) atoms. The molecule has 1 aliphatic rings. The predicted octanol–water partition coefficient (Wildman–Crippen LogP) is 6.83. The number of carbonyl (C=O) groups is 1. The van der Waals surface area contributed by atoms with Gasteiger partial charge in [-0.05, 0) is 85.9 Å². The van der Waals surface area contributed by atoms with Crippen molar-refractivity contribution in [2.45, 2.75) is 39.2 Å². The lowest BCUT2D eigenvalue weighted by molar-refractivity contribution is -0.118. The van der Waals surface area contributed by atoms with Gasteiger partial charge >= 0.3 is 0 Å². The summed E-state index contributed by atoms with van der Waals surface area (Å²) in [5, 5.41) is 3.77. The summed E-state index contributed by atoms with van der Waals surface area (Å²) in [4.78, 5) is 19.6. The number of halogens is 1. The molecule has 1 aliphatic heterocycles. The summed E-state index contributed by atoms with van der Waals surface area (Å²) in [6.07, 6.45) is 2.24. The minimum atomic E-state index is -0.0234. The highest BCUT2D eigenvalue weighted by molar-refractivity contribution is 6.30. The molecule has 1 amide bonds. The summed E-state index contributed by atoms with van der Waals surface area (Å²) < 4.78 is 2.34. The summed E-state index contributed by atoms with van der Waals surface area (Å²) in [6, 6.07) is 24.7. The van der Waals surface area contributed by atoms with E-state index in [1.54, 1.807) is 0 Å². The van der Waals surface area contributed by atoms with E-state index < -0.39 is 0 Å². The molecule has 5 nitrogen and oxygen atoms in total. The van der Waals surface area contributed by atoms with Gasteiger partial charge in [0.15, 0.2) is 0 Å². The summed E-state index contributed by atoms with van der Waals surface area (Å²) >= 11 is 6.13. The first-order chi connectivity index (χ1) is 17.5. The second-order valence-corrected chi connectivity index (χ2v) is 10.4. The van der Waals surface area contributed by atoms with Gasteiger partial charge in [0.2, 0.25) is 5.91 Å². The fourth-order valence-corrected chi connectivity index (χ4v) is 5.14. The van der Waals surface area contributed by atoms with Gasteiger partial charge in [0.25, 0.3) is 0 Å².